The van der Waals surface area contributed by atoms with E-state index in [2.05, 4.69) is 16.0 Å². The summed E-state index contributed by atoms with van der Waals surface area (Å²) in [7, 11) is -2.48. The third-order valence-corrected chi connectivity index (χ3v) is 6.30. The molecule has 0 radical (unpaired) electrons. The van der Waals surface area contributed by atoms with Gasteiger partial charge in [0.1, 0.15) is 0 Å². The molecule has 10 heteroatoms. The predicted molar refractivity (Wildman–Crippen MR) is 112 cm³/mol. The van der Waals surface area contributed by atoms with Crippen LogP contribution in [0.4, 0.5) is 16.2 Å². The molecule has 3 N–H and O–H groups in total. The van der Waals surface area contributed by atoms with E-state index < -0.39 is 15.9 Å². The lowest BCUT2D eigenvalue weighted by atomic mass is 10.3. The molecule has 0 unspecified atom stereocenters. The van der Waals surface area contributed by atoms with Gasteiger partial charge in [0.05, 0.1) is 11.4 Å². The highest BCUT2D eigenvalue weighted by molar-refractivity contribution is 7.89. The molecule has 0 atom stereocenters. The van der Waals surface area contributed by atoms with Gasteiger partial charge >= 0.3 is 6.03 Å². The van der Waals surface area contributed by atoms with E-state index in [-0.39, 0.29) is 23.5 Å². The van der Waals surface area contributed by atoms with E-state index in [9.17, 15) is 18.0 Å². The maximum absolute atomic E-state index is 12.5. The van der Waals surface area contributed by atoms with Crippen LogP contribution in [-0.2, 0) is 14.8 Å². The van der Waals surface area contributed by atoms with Gasteiger partial charge in [-0.05, 0) is 61.4 Å². The molecule has 8 nitrogen and oxygen atoms in total. The maximum Gasteiger partial charge on any atom is 0.319 e. The largest absolute Gasteiger partial charge is 0.335 e. The van der Waals surface area contributed by atoms with Crippen molar-refractivity contribution >= 4 is 44.9 Å². The normalized spacial score (nSPS) is 13.8. The first-order valence-corrected chi connectivity index (χ1v) is 10.8. The van der Waals surface area contributed by atoms with E-state index in [1.165, 1.54) is 31.3 Å². The fourth-order valence-electron chi connectivity index (χ4n) is 2.49. The minimum Gasteiger partial charge on any atom is -0.335 e. The molecule has 2 aromatic carbocycles. The second-order valence-electron chi connectivity index (χ2n) is 6.71. The topological polar surface area (TPSA) is 108 Å². The number of carbonyl (C=O) groups is 2. The number of carbonyl (C=O) groups excluding carboxylic acids is 2. The minimum atomic E-state index is -3.81. The highest BCUT2D eigenvalue weighted by Gasteiger charge is 2.24. The lowest BCUT2D eigenvalue weighted by molar-refractivity contribution is -0.116. The molecule has 3 rings (SSSR count). The summed E-state index contributed by atoms with van der Waals surface area (Å²) < 4.78 is 26.0. The van der Waals surface area contributed by atoms with Gasteiger partial charge in [-0.3, -0.25) is 4.79 Å². The summed E-state index contributed by atoms with van der Waals surface area (Å²) >= 11 is 5.78. The molecule has 3 amide bonds. The van der Waals surface area contributed by atoms with Gasteiger partial charge in [-0.2, -0.15) is 4.31 Å². The second-order valence-corrected chi connectivity index (χ2v) is 9.19. The number of likely N-dealkylation sites (N-methyl/N-ethyl adjacent to an activating group) is 1. The summed E-state index contributed by atoms with van der Waals surface area (Å²) in [5.74, 6) is -0.489. The molecule has 0 heterocycles. The van der Waals surface area contributed by atoms with Crippen LogP contribution in [0.3, 0.4) is 0 Å². The molecule has 154 valence electrons. The molecule has 0 spiro atoms. The second kappa shape index (κ2) is 8.81. The number of hydrogen-bond donors (Lipinski definition) is 3. The molecule has 2 aromatic rings. The maximum atomic E-state index is 12.5. The third-order valence-electron chi connectivity index (χ3n) is 4.23. The number of nitrogens with one attached hydrogen (secondary N) is 3. The van der Waals surface area contributed by atoms with Crippen LogP contribution in [0.2, 0.25) is 5.02 Å². The molecule has 29 heavy (non-hydrogen) atoms. The van der Waals surface area contributed by atoms with E-state index in [0.717, 1.165) is 17.1 Å². The molecular weight excluding hydrogens is 416 g/mol. The number of rotatable bonds is 7. The van der Waals surface area contributed by atoms with Gasteiger partial charge < -0.3 is 16.0 Å². The SMILES string of the molecule is CN(CC(=O)Nc1ccc(NC(=O)NC2CC2)cc1)S(=O)(=O)c1ccc(Cl)cc1. The van der Waals surface area contributed by atoms with Gasteiger partial charge in [-0.15, -0.1) is 0 Å². The number of benzene rings is 2. The van der Waals surface area contributed by atoms with Crippen molar-refractivity contribution in [2.75, 3.05) is 24.2 Å². The first kappa shape index (κ1) is 21.1. The zero-order valence-corrected chi connectivity index (χ0v) is 17.3. The monoisotopic (exact) mass is 436 g/mol. The van der Waals surface area contributed by atoms with Crippen molar-refractivity contribution in [2.24, 2.45) is 0 Å². The van der Waals surface area contributed by atoms with Gasteiger partial charge in [-0.1, -0.05) is 11.6 Å². The van der Waals surface area contributed by atoms with Crippen LogP contribution in [-0.4, -0.2) is 44.3 Å². The number of sulfonamides is 1. The zero-order chi connectivity index (χ0) is 21.0. The Morgan fingerprint density at radius 3 is 2.10 bits per heavy atom. The summed E-state index contributed by atoms with van der Waals surface area (Å²) in [5.41, 5.74) is 1.07. The van der Waals surface area contributed by atoms with Crippen molar-refractivity contribution < 1.29 is 18.0 Å². The number of hydrogen-bond acceptors (Lipinski definition) is 4. The Morgan fingerprint density at radius 1 is 1.00 bits per heavy atom. The minimum absolute atomic E-state index is 0.0529. The van der Waals surface area contributed by atoms with Gasteiger partial charge in [0.15, 0.2) is 0 Å². The van der Waals surface area contributed by atoms with Crippen LogP contribution in [0.5, 0.6) is 0 Å². The van der Waals surface area contributed by atoms with Crippen molar-refractivity contribution in [3.8, 4) is 0 Å². The van der Waals surface area contributed by atoms with Crippen LogP contribution in [0.25, 0.3) is 0 Å². The summed E-state index contributed by atoms with van der Waals surface area (Å²) in [6.45, 7) is -0.352. The number of nitrogens with zero attached hydrogens (tertiary/aromatic N) is 1. The lowest BCUT2D eigenvalue weighted by Crippen LogP contribution is -2.35. The van der Waals surface area contributed by atoms with Crippen LogP contribution >= 0.6 is 11.6 Å². The average molecular weight is 437 g/mol. The van der Waals surface area contributed by atoms with Crippen molar-refractivity contribution in [3.05, 3.63) is 53.6 Å². The Hall–Kier alpha value is -2.62. The quantitative estimate of drug-likeness (QED) is 0.620. The van der Waals surface area contributed by atoms with Crippen LogP contribution in [0.15, 0.2) is 53.4 Å². The molecular formula is C19H21ClN4O4S. The van der Waals surface area contributed by atoms with Crippen molar-refractivity contribution in [3.63, 3.8) is 0 Å². The van der Waals surface area contributed by atoms with Gasteiger partial charge in [0, 0.05) is 29.5 Å². The molecule has 0 aromatic heterocycles. The Balaban J connectivity index is 1.54. The van der Waals surface area contributed by atoms with Gasteiger partial charge in [0.2, 0.25) is 15.9 Å². The van der Waals surface area contributed by atoms with Crippen LogP contribution in [0.1, 0.15) is 12.8 Å². The van der Waals surface area contributed by atoms with E-state index in [0.29, 0.717) is 16.4 Å². The molecule has 0 aliphatic heterocycles. The molecule has 1 saturated carbocycles. The highest BCUT2D eigenvalue weighted by Crippen LogP contribution is 2.20. The third kappa shape index (κ3) is 5.93. The van der Waals surface area contributed by atoms with Gasteiger partial charge in [0.25, 0.3) is 0 Å². The standard InChI is InChI=1S/C19H21ClN4O4S/c1-24(29(27,28)17-10-2-13(20)3-11-17)12-18(25)21-14-4-6-15(7-5-14)22-19(26)23-16-8-9-16/h2-7,10-11,16H,8-9,12H2,1H3,(H,21,25)(H2,22,23,26). The van der Waals surface area contributed by atoms with E-state index in [4.69, 9.17) is 11.6 Å². The zero-order valence-electron chi connectivity index (χ0n) is 15.7. The smallest absolute Gasteiger partial charge is 0.319 e. The number of amides is 3. The molecule has 1 fully saturated rings. The Kier molecular flexibility index (Phi) is 6.41. The van der Waals surface area contributed by atoms with E-state index >= 15 is 0 Å². The predicted octanol–water partition coefficient (Wildman–Crippen LogP) is 2.88. The Labute approximate surface area is 174 Å². The molecule has 1 aliphatic carbocycles. The summed E-state index contributed by atoms with van der Waals surface area (Å²) in [5, 5.41) is 8.58. The number of urea groups is 1. The van der Waals surface area contributed by atoms with E-state index in [1.54, 1.807) is 24.3 Å². The van der Waals surface area contributed by atoms with E-state index in [1.807, 2.05) is 0 Å². The number of anilines is 2. The van der Waals surface area contributed by atoms with Crippen LogP contribution in [0, 0.1) is 0 Å². The van der Waals surface area contributed by atoms with Crippen LogP contribution < -0.4 is 16.0 Å². The van der Waals surface area contributed by atoms with Crippen molar-refractivity contribution in [1.29, 1.82) is 0 Å². The first-order valence-electron chi connectivity index (χ1n) is 8.93. The summed E-state index contributed by atoms with van der Waals surface area (Å²) in [6.07, 6.45) is 2.00. The fraction of sp³-hybridized carbons (Fsp3) is 0.263. The molecule has 0 saturated heterocycles. The Morgan fingerprint density at radius 2 is 1.55 bits per heavy atom. The molecule has 0 bridgehead atoms. The average Bonchev–Trinajstić information content (AvgIpc) is 3.47. The van der Waals surface area contributed by atoms with Crippen molar-refractivity contribution in [1.82, 2.24) is 9.62 Å². The van der Waals surface area contributed by atoms with Crippen molar-refractivity contribution in [2.45, 2.75) is 23.8 Å². The van der Waals surface area contributed by atoms with Gasteiger partial charge in [-0.25, -0.2) is 13.2 Å². The summed E-state index contributed by atoms with van der Waals surface area (Å²) in [6, 6.07) is 12.3. The fourth-order valence-corrected chi connectivity index (χ4v) is 3.74. The number of halogens is 1. The highest BCUT2D eigenvalue weighted by atomic mass is 35.5. The lowest BCUT2D eigenvalue weighted by Gasteiger charge is -2.17. The molecule has 1 aliphatic rings. The summed E-state index contributed by atoms with van der Waals surface area (Å²) in [4.78, 5) is 24.0. The Bertz CT molecular complexity index is 990. The first-order chi connectivity index (χ1) is 13.7.